The SMILES string of the molecule is CCOC(=O)Cc1ccc(N2CC[C@H](N[C@H](C)c3cccc4ccccc34)C2)cc1. The molecule has 0 aromatic heterocycles. The Morgan fingerprint density at radius 2 is 1.87 bits per heavy atom. The third-order valence-electron chi connectivity index (χ3n) is 5.92. The highest BCUT2D eigenvalue weighted by Gasteiger charge is 2.24. The van der Waals surface area contributed by atoms with Crippen molar-refractivity contribution in [2.45, 2.75) is 38.8 Å². The van der Waals surface area contributed by atoms with Crippen LogP contribution >= 0.6 is 0 Å². The number of hydrogen-bond donors (Lipinski definition) is 1. The van der Waals surface area contributed by atoms with Crippen molar-refractivity contribution in [3.8, 4) is 0 Å². The lowest BCUT2D eigenvalue weighted by Crippen LogP contribution is -2.34. The molecule has 1 N–H and O–H groups in total. The van der Waals surface area contributed by atoms with Gasteiger partial charge in [0.05, 0.1) is 13.0 Å². The number of nitrogens with one attached hydrogen (secondary N) is 1. The van der Waals surface area contributed by atoms with Gasteiger partial charge < -0.3 is 15.0 Å². The van der Waals surface area contributed by atoms with Crippen molar-refractivity contribution in [3.63, 3.8) is 0 Å². The van der Waals surface area contributed by atoms with Crippen LogP contribution in [0, 0.1) is 0 Å². The number of rotatable bonds is 7. The second-order valence-electron chi connectivity index (χ2n) is 8.04. The van der Waals surface area contributed by atoms with Gasteiger partial charge in [-0.3, -0.25) is 4.79 Å². The number of anilines is 1. The lowest BCUT2D eigenvalue weighted by atomic mass is 9.99. The van der Waals surface area contributed by atoms with E-state index < -0.39 is 0 Å². The Balaban J connectivity index is 1.37. The molecule has 1 aliphatic heterocycles. The van der Waals surface area contributed by atoms with Crippen molar-refractivity contribution >= 4 is 22.4 Å². The van der Waals surface area contributed by atoms with Crippen LogP contribution in [0.4, 0.5) is 5.69 Å². The van der Waals surface area contributed by atoms with Gasteiger partial charge >= 0.3 is 5.97 Å². The molecule has 4 nitrogen and oxygen atoms in total. The van der Waals surface area contributed by atoms with Crippen LogP contribution in [0.15, 0.2) is 66.7 Å². The zero-order chi connectivity index (χ0) is 20.9. The van der Waals surface area contributed by atoms with Crippen LogP contribution in [-0.2, 0) is 16.0 Å². The Morgan fingerprint density at radius 1 is 1.10 bits per heavy atom. The van der Waals surface area contributed by atoms with Gasteiger partial charge in [-0.15, -0.1) is 0 Å². The molecule has 1 fully saturated rings. The van der Waals surface area contributed by atoms with Crippen molar-refractivity contribution in [1.29, 1.82) is 0 Å². The minimum Gasteiger partial charge on any atom is -0.466 e. The molecule has 1 heterocycles. The van der Waals surface area contributed by atoms with Gasteiger partial charge in [-0.25, -0.2) is 0 Å². The topological polar surface area (TPSA) is 41.6 Å². The van der Waals surface area contributed by atoms with Gasteiger partial charge in [0.25, 0.3) is 0 Å². The maximum atomic E-state index is 11.7. The zero-order valence-corrected chi connectivity index (χ0v) is 17.8. The minimum atomic E-state index is -0.168. The summed E-state index contributed by atoms with van der Waals surface area (Å²) in [5.74, 6) is -0.168. The van der Waals surface area contributed by atoms with Gasteiger partial charge in [-0.2, -0.15) is 0 Å². The van der Waals surface area contributed by atoms with Crippen molar-refractivity contribution < 1.29 is 9.53 Å². The summed E-state index contributed by atoms with van der Waals surface area (Å²) in [7, 11) is 0. The molecule has 0 aliphatic carbocycles. The molecule has 0 bridgehead atoms. The maximum absolute atomic E-state index is 11.7. The first-order valence-corrected chi connectivity index (χ1v) is 10.9. The molecule has 2 atom stereocenters. The Hall–Kier alpha value is -2.85. The van der Waals surface area contributed by atoms with E-state index in [0.717, 1.165) is 25.1 Å². The largest absolute Gasteiger partial charge is 0.466 e. The van der Waals surface area contributed by atoms with Gasteiger partial charge in [0, 0.05) is 30.9 Å². The number of ether oxygens (including phenoxy) is 1. The predicted octanol–water partition coefficient (Wildman–Crippen LogP) is 4.87. The molecule has 0 amide bonds. The third-order valence-corrected chi connectivity index (χ3v) is 5.92. The van der Waals surface area contributed by atoms with Crippen LogP contribution in [0.1, 0.15) is 37.4 Å². The third kappa shape index (κ3) is 4.65. The fraction of sp³-hybridized carbons (Fsp3) is 0.346. The highest BCUT2D eigenvalue weighted by Crippen LogP contribution is 2.27. The number of carbonyl (C=O) groups is 1. The van der Waals surface area contributed by atoms with E-state index in [9.17, 15) is 4.79 Å². The van der Waals surface area contributed by atoms with Crippen LogP contribution in [0.3, 0.4) is 0 Å². The van der Waals surface area contributed by atoms with Gasteiger partial charge in [-0.1, -0.05) is 54.6 Å². The summed E-state index contributed by atoms with van der Waals surface area (Å²) < 4.78 is 5.03. The number of nitrogens with zero attached hydrogens (tertiary/aromatic N) is 1. The quantitative estimate of drug-likeness (QED) is 0.572. The molecule has 3 aromatic carbocycles. The normalized spacial score (nSPS) is 17.3. The van der Waals surface area contributed by atoms with Crippen LogP contribution in [0.2, 0.25) is 0 Å². The molecule has 0 spiro atoms. The molecule has 0 radical (unpaired) electrons. The highest BCUT2D eigenvalue weighted by molar-refractivity contribution is 5.86. The molecule has 1 saturated heterocycles. The summed E-state index contributed by atoms with van der Waals surface area (Å²) in [5, 5.41) is 6.45. The summed E-state index contributed by atoms with van der Waals surface area (Å²) >= 11 is 0. The molecule has 0 unspecified atom stereocenters. The van der Waals surface area contributed by atoms with E-state index in [1.165, 1.54) is 22.0 Å². The van der Waals surface area contributed by atoms with E-state index in [0.29, 0.717) is 25.1 Å². The Kier molecular flexibility index (Phi) is 6.34. The number of benzene rings is 3. The van der Waals surface area contributed by atoms with E-state index in [-0.39, 0.29) is 5.97 Å². The van der Waals surface area contributed by atoms with Gasteiger partial charge in [0.1, 0.15) is 0 Å². The summed E-state index contributed by atoms with van der Waals surface area (Å²) in [6.45, 7) is 6.55. The van der Waals surface area contributed by atoms with Crippen molar-refractivity contribution in [2.24, 2.45) is 0 Å². The van der Waals surface area contributed by atoms with E-state index in [1.807, 2.05) is 19.1 Å². The van der Waals surface area contributed by atoms with Gasteiger partial charge in [0.15, 0.2) is 0 Å². The lowest BCUT2D eigenvalue weighted by Gasteiger charge is -2.23. The predicted molar refractivity (Wildman–Crippen MR) is 123 cm³/mol. The second-order valence-corrected chi connectivity index (χ2v) is 8.04. The summed E-state index contributed by atoms with van der Waals surface area (Å²) in [4.78, 5) is 14.1. The van der Waals surface area contributed by atoms with Crippen molar-refractivity contribution in [1.82, 2.24) is 5.32 Å². The van der Waals surface area contributed by atoms with Gasteiger partial charge in [-0.05, 0) is 54.3 Å². The molecular weight excluding hydrogens is 372 g/mol. The Bertz CT molecular complexity index is 994. The number of fused-ring (bicyclic) bond motifs is 1. The van der Waals surface area contributed by atoms with E-state index in [2.05, 4.69) is 71.7 Å². The molecule has 156 valence electrons. The summed E-state index contributed by atoms with van der Waals surface area (Å²) in [6.07, 6.45) is 1.46. The molecule has 1 aliphatic rings. The monoisotopic (exact) mass is 402 g/mol. The maximum Gasteiger partial charge on any atom is 0.310 e. The van der Waals surface area contributed by atoms with Crippen molar-refractivity contribution in [3.05, 3.63) is 77.9 Å². The summed E-state index contributed by atoms with van der Waals surface area (Å²) in [5.41, 5.74) is 3.57. The van der Waals surface area contributed by atoms with Crippen LogP contribution in [0.5, 0.6) is 0 Å². The van der Waals surface area contributed by atoms with Crippen molar-refractivity contribution in [2.75, 3.05) is 24.6 Å². The van der Waals surface area contributed by atoms with E-state index in [1.54, 1.807) is 0 Å². The molecular formula is C26H30N2O2. The number of hydrogen-bond acceptors (Lipinski definition) is 4. The number of carbonyl (C=O) groups excluding carboxylic acids is 1. The lowest BCUT2D eigenvalue weighted by molar-refractivity contribution is -0.142. The average molecular weight is 403 g/mol. The van der Waals surface area contributed by atoms with E-state index in [4.69, 9.17) is 4.74 Å². The Labute approximate surface area is 178 Å². The first-order chi connectivity index (χ1) is 14.6. The second kappa shape index (κ2) is 9.31. The van der Waals surface area contributed by atoms with Crippen LogP contribution in [0.25, 0.3) is 10.8 Å². The molecule has 30 heavy (non-hydrogen) atoms. The first kappa shape index (κ1) is 20.4. The average Bonchev–Trinajstić information content (AvgIpc) is 3.22. The first-order valence-electron chi connectivity index (χ1n) is 10.9. The fourth-order valence-corrected chi connectivity index (χ4v) is 4.41. The molecule has 4 rings (SSSR count). The summed E-state index contributed by atoms with van der Waals surface area (Å²) in [6, 6.07) is 24.2. The fourth-order valence-electron chi connectivity index (χ4n) is 4.41. The smallest absolute Gasteiger partial charge is 0.310 e. The molecule has 4 heteroatoms. The molecule has 0 saturated carbocycles. The standard InChI is InChI=1S/C26H30N2O2/c1-3-30-26(29)17-20-11-13-23(14-12-20)28-16-15-22(18-28)27-19(2)24-10-6-8-21-7-4-5-9-25(21)24/h4-14,19,22,27H,3,15-18H2,1-2H3/t19-,22+/m1/s1. The highest BCUT2D eigenvalue weighted by atomic mass is 16.5. The number of esters is 1. The van der Waals surface area contributed by atoms with Gasteiger partial charge in [0.2, 0.25) is 0 Å². The molecule has 3 aromatic rings. The van der Waals surface area contributed by atoms with Crippen LogP contribution in [-0.4, -0.2) is 31.7 Å². The minimum absolute atomic E-state index is 0.168. The zero-order valence-electron chi connectivity index (χ0n) is 17.8. The van der Waals surface area contributed by atoms with Crippen LogP contribution < -0.4 is 10.2 Å². The van der Waals surface area contributed by atoms with E-state index >= 15 is 0 Å². The Morgan fingerprint density at radius 3 is 2.67 bits per heavy atom.